The lowest BCUT2D eigenvalue weighted by Crippen LogP contribution is -2.22. The van der Waals surface area contributed by atoms with E-state index in [0.717, 1.165) is 11.8 Å². The molecule has 19 heavy (non-hydrogen) atoms. The zero-order valence-electron chi connectivity index (χ0n) is 11.2. The molecule has 1 aromatic carbocycles. The van der Waals surface area contributed by atoms with E-state index >= 15 is 0 Å². The van der Waals surface area contributed by atoms with Gasteiger partial charge in [0, 0.05) is 5.02 Å². The summed E-state index contributed by atoms with van der Waals surface area (Å²) in [5, 5.41) is 1.62. The van der Waals surface area contributed by atoms with Gasteiger partial charge < -0.3 is 0 Å². The average Bonchev–Trinajstić information content (AvgIpc) is 2.44. The zero-order valence-corrected chi connectivity index (χ0v) is 13.4. The van der Waals surface area contributed by atoms with Crippen LogP contribution in [0.4, 0.5) is 0 Å². The maximum atomic E-state index is 5.60. The summed E-state index contributed by atoms with van der Waals surface area (Å²) in [6.45, 7) is 0. The van der Waals surface area contributed by atoms with Crippen molar-refractivity contribution in [2.75, 3.05) is 0 Å². The minimum atomic E-state index is 0.490. The first kappa shape index (κ1) is 15.5. The minimum absolute atomic E-state index is 0.490. The van der Waals surface area contributed by atoms with Gasteiger partial charge in [-0.15, -0.1) is 0 Å². The maximum absolute atomic E-state index is 5.60. The van der Waals surface area contributed by atoms with Gasteiger partial charge in [-0.25, -0.2) is 0 Å². The highest BCUT2D eigenvalue weighted by molar-refractivity contribution is 6.43. The zero-order chi connectivity index (χ0) is 13.7. The Labute approximate surface area is 131 Å². The van der Waals surface area contributed by atoms with Crippen LogP contribution in [-0.4, -0.2) is 0 Å². The van der Waals surface area contributed by atoms with Gasteiger partial charge in [0.1, 0.15) is 0 Å². The second-order valence-corrected chi connectivity index (χ2v) is 6.90. The predicted octanol–water partition coefficient (Wildman–Crippen LogP) is 7.01. The molecule has 0 aromatic heterocycles. The van der Waals surface area contributed by atoms with Crippen molar-refractivity contribution >= 4 is 34.8 Å². The van der Waals surface area contributed by atoms with Crippen molar-refractivity contribution in [1.29, 1.82) is 0 Å². The van der Waals surface area contributed by atoms with Crippen LogP contribution in [0.1, 0.15) is 51.4 Å². The predicted molar refractivity (Wildman–Crippen MR) is 85.4 cm³/mol. The summed E-state index contributed by atoms with van der Waals surface area (Å²) in [4.78, 5) is 0. The summed E-state index contributed by atoms with van der Waals surface area (Å²) in [6.07, 6.45) is 12.4. The van der Waals surface area contributed by atoms with Crippen LogP contribution in [0.25, 0.3) is 0 Å². The highest BCUT2D eigenvalue weighted by Gasteiger charge is 2.26. The largest absolute Gasteiger partial charge is 0.0843 e. The molecule has 0 spiro atoms. The Morgan fingerprint density at radius 1 is 0.684 bits per heavy atom. The lowest BCUT2D eigenvalue weighted by atomic mass is 9.71. The highest BCUT2D eigenvalue weighted by Crippen LogP contribution is 2.40. The molecule has 2 fully saturated rings. The molecule has 0 amide bonds. The number of fused-ring (bicyclic) bond motifs is 1. The van der Waals surface area contributed by atoms with Crippen molar-refractivity contribution in [3.63, 3.8) is 0 Å². The van der Waals surface area contributed by atoms with Crippen LogP contribution in [-0.2, 0) is 0 Å². The molecular weight excluding hydrogens is 299 g/mol. The molecule has 106 valence electrons. The van der Waals surface area contributed by atoms with Gasteiger partial charge in [0.25, 0.3) is 0 Å². The van der Waals surface area contributed by atoms with Crippen LogP contribution in [0.3, 0.4) is 0 Å². The first-order valence-electron chi connectivity index (χ1n) is 7.27. The molecule has 2 aliphatic carbocycles. The molecular formula is C16H21Cl3. The van der Waals surface area contributed by atoms with Gasteiger partial charge in [-0.2, -0.15) is 0 Å². The molecule has 0 aliphatic heterocycles. The molecule has 0 bridgehead atoms. The summed E-state index contributed by atoms with van der Waals surface area (Å²) >= 11 is 16.8. The summed E-state index contributed by atoms with van der Waals surface area (Å²) in [6, 6.07) is 4.95. The van der Waals surface area contributed by atoms with E-state index in [0.29, 0.717) is 15.1 Å². The third-order valence-corrected chi connectivity index (χ3v) is 5.32. The Balaban J connectivity index is 0.000000141. The molecule has 0 saturated heterocycles. The summed E-state index contributed by atoms with van der Waals surface area (Å²) < 4.78 is 0. The normalized spacial score (nSPS) is 26.1. The van der Waals surface area contributed by atoms with E-state index in [1.807, 2.05) is 0 Å². The highest BCUT2D eigenvalue weighted by atomic mass is 35.5. The van der Waals surface area contributed by atoms with Gasteiger partial charge in [-0.3, -0.25) is 0 Å². The van der Waals surface area contributed by atoms with Gasteiger partial charge in [-0.05, 0) is 30.0 Å². The summed E-state index contributed by atoms with van der Waals surface area (Å²) in [5.74, 6) is 2.31. The van der Waals surface area contributed by atoms with Crippen molar-refractivity contribution in [3.8, 4) is 0 Å². The number of benzene rings is 1. The van der Waals surface area contributed by atoms with Crippen LogP contribution >= 0.6 is 34.8 Å². The molecule has 0 nitrogen and oxygen atoms in total. The molecule has 0 atom stereocenters. The lowest BCUT2D eigenvalue weighted by Gasteiger charge is -2.35. The Bertz CT molecular complexity index is 377. The van der Waals surface area contributed by atoms with Crippen molar-refractivity contribution in [3.05, 3.63) is 33.3 Å². The first-order chi connectivity index (χ1) is 9.16. The van der Waals surface area contributed by atoms with Crippen molar-refractivity contribution in [2.45, 2.75) is 51.4 Å². The topological polar surface area (TPSA) is 0 Å². The third kappa shape index (κ3) is 4.85. The maximum Gasteiger partial charge on any atom is 0.0607 e. The quantitative estimate of drug-likeness (QED) is 0.451. The number of hydrogen-bond acceptors (Lipinski definition) is 0. The van der Waals surface area contributed by atoms with E-state index in [9.17, 15) is 0 Å². The van der Waals surface area contributed by atoms with Crippen LogP contribution in [0.5, 0.6) is 0 Å². The molecule has 0 heterocycles. The van der Waals surface area contributed by atoms with E-state index in [2.05, 4.69) is 0 Å². The Morgan fingerprint density at radius 2 is 1.16 bits per heavy atom. The van der Waals surface area contributed by atoms with E-state index in [1.54, 1.807) is 43.9 Å². The van der Waals surface area contributed by atoms with Gasteiger partial charge in [0.05, 0.1) is 10.0 Å². The Hall–Kier alpha value is 0.0900. The number of hydrogen-bond donors (Lipinski definition) is 0. The van der Waals surface area contributed by atoms with Gasteiger partial charge in [0.15, 0.2) is 0 Å². The molecule has 0 N–H and O–H groups in total. The fourth-order valence-corrected chi connectivity index (χ4v) is 3.85. The van der Waals surface area contributed by atoms with Crippen LogP contribution in [0.15, 0.2) is 18.2 Å². The van der Waals surface area contributed by atoms with Crippen LogP contribution in [0, 0.1) is 11.8 Å². The van der Waals surface area contributed by atoms with Crippen LogP contribution in [0.2, 0.25) is 15.1 Å². The standard InChI is InChI=1S/C10H18.C6H3Cl3/c1-2-6-10-8-4-3-7-9(10)5-1;7-4-1-2-5(8)6(9)3-4/h9-10H,1-8H2;1-3H/t9-,10+;. The minimum Gasteiger partial charge on any atom is -0.0843 e. The van der Waals surface area contributed by atoms with Crippen molar-refractivity contribution < 1.29 is 0 Å². The average molecular weight is 320 g/mol. The molecule has 2 saturated carbocycles. The lowest BCUT2D eigenvalue weighted by molar-refractivity contribution is 0.171. The fourth-order valence-electron chi connectivity index (χ4n) is 3.33. The van der Waals surface area contributed by atoms with Gasteiger partial charge >= 0.3 is 0 Å². The smallest absolute Gasteiger partial charge is 0.0607 e. The monoisotopic (exact) mass is 318 g/mol. The first-order valence-corrected chi connectivity index (χ1v) is 8.41. The van der Waals surface area contributed by atoms with E-state index < -0.39 is 0 Å². The summed E-state index contributed by atoms with van der Waals surface area (Å²) in [7, 11) is 0. The second-order valence-electron chi connectivity index (χ2n) is 5.65. The van der Waals surface area contributed by atoms with Crippen molar-refractivity contribution in [2.24, 2.45) is 11.8 Å². The summed E-state index contributed by atoms with van der Waals surface area (Å²) in [5.41, 5.74) is 0. The Morgan fingerprint density at radius 3 is 1.53 bits per heavy atom. The van der Waals surface area contributed by atoms with E-state index in [-0.39, 0.29) is 0 Å². The van der Waals surface area contributed by atoms with Gasteiger partial charge in [-0.1, -0.05) is 86.2 Å². The number of rotatable bonds is 0. The SMILES string of the molecule is C1CC[C@H]2CCCC[C@H]2C1.Clc1ccc(Cl)c(Cl)c1. The van der Waals surface area contributed by atoms with E-state index in [4.69, 9.17) is 34.8 Å². The molecule has 3 rings (SSSR count). The van der Waals surface area contributed by atoms with Crippen LogP contribution < -0.4 is 0 Å². The number of halogens is 3. The van der Waals surface area contributed by atoms with Gasteiger partial charge in [0.2, 0.25) is 0 Å². The van der Waals surface area contributed by atoms with E-state index in [1.165, 1.54) is 25.7 Å². The fraction of sp³-hybridized carbons (Fsp3) is 0.625. The molecule has 3 heteroatoms. The van der Waals surface area contributed by atoms with Crippen molar-refractivity contribution in [1.82, 2.24) is 0 Å². The second kappa shape index (κ2) is 7.76. The molecule has 2 aliphatic rings. The Kier molecular flexibility index (Phi) is 6.32. The molecule has 1 aromatic rings. The molecule has 0 radical (unpaired) electrons. The molecule has 0 unspecified atom stereocenters. The third-order valence-electron chi connectivity index (χ3n) is 4.35.